The van der Waals surface area contributed by atoms with Gasteiger partial charge in [0.05, 0.1) is 7.11 Å². The summed E-state index contributed by atoms with van der Waals surface area (Å²) in [4.78, 5) is 0. The quantitative estimate of drug-likeness (QED) is 0.781. The Morgan fingerprint density at radius 2 is 2.21 bits per heavy atom. The van der Waals surface area contributed by atoms with Crippen LogP contribution in [0.2, 0.25) is 5.02 Å². The Hall–Kier alpha value is -0.990. The zero-order valence-electron chi connectivity index (χ0n) is 8.25. The number of hydrogen-bond acceptors (Lipinski definition) is 2. The summed E-state index contributed by atoms with van der Waals surface area (Å²) in [5.41, 5.74) is 1.54. The number of rotatable bonds is 3. The third-order valence-corrected chi connectivity index (χ3v) is 2.23. The lowest BCUT2D eigenvalue weighted by molar-refractivity contribution is 0.223. The molecule has 0 saturated heterocycles. The monoisotopic (exact) mass is 212 g/mol. The van der Waals surface area contributed by atoms with E-state index in [2.05, 4.69) is 6.58 Å². The van der Waals surface area contributed by atoms with Crippen LogP contribution in [-0.2, 0) is 0 Å². The van der Waals surface area contributed by atoms with Gasteiger partial charge in [0.1, 0.15) is 11.9 Å². The number of methoxy groups -OCH3 is 1. The molecule has 1 N–H and O–H groups in total. The molecule has 0 aliphatic rings. The maximum Gasteiger partial charge on any atom is 0.127 e. The van der Waals surface area contributed by atoms with E-state index in [4.69, 9.17) is 16.3 Å². The van der Waals surface area contributed by atoms with E-state index in [0.717, 1.165) is 5.56 Å². The third-order valence-electron chi connectivity index (χ3n) is 2.01. The van der Waals surface area contributed by atoms with E-state index in [1.165, 1.54) is 6.08 Å². The Balaban J connectivity index is 3.31. The fourth-order valence-electron chi connectivity index (χ4n) is 1.38. The summed E-state index contributed by atoms with van der Waals surface area (Å²) in [7, 11) is 1.57. The van der Waals surface area contributed by atoms with E-state index in [0.29, 0.717) is 16.3 Å². The molecule has 1 unspecified atom stereocenters. The highest BCUT2D eigenvalue weighted by Gasteiger charge is 2.13. The van der Waals surface area contributed by atoms with Gasteiger partial charge in [-0.15, -0.1) is 6.58 Å². The average Bonchev–Trinajstić information content (AvgIpc) is 2.15. The minimum atomic E-state index is -0.748. The first-order chi connectivity index (χ1) is 6.60. The molecule has 2 nitrogen and oxygen atoms in total. The van der Waals surface area contributed by atoms with Crippen LogP contribution < -0.4 is 4.74 Å². The van der Waals surface area contributed by atoms with Gasteiger partial charge in [-0.25, -0.2) is 0 Å². The fraction of sp³-hybridized carbons (Fsp3) is 0.273. The highest BCUT2D eigenvalue weighted by molar-refractivity contribution is 6.30. The molecule has 0 bridgehead atoms. The second-order valence-corrected chi connectivity index (χ2v) is 3.46. The van der Waals surface area contributed by atoms with E-state index in [1.54, 1.807) is 19.2 Å². The van der Waals surface area contributed by atoms with Gasteiger partial charge in [0.2, 0.25) is 0 Å². The molecule has 0 fully saturated rings. The lowest BCUT2D eigenvalue weighted by Crippen LogP contribution is -1.99. The van der Waals surface area contributed by atoms with Crippen LogP contribution in [0.25, 0.3) is 0 Å². The van der Waals surface area contributed by atoms with Gasteiger partial charge in [-0.2, -0.15) is 0 Å². The third kappa shape index (κ3) is 2.08. The van der Waals surface area contributed by atoms with Crippen molar-refractivity contribution in [1.82, 2.24) is 0 Å². The second kappa shape index (κ2) is 4.49. The van der Waals surface area contributed by atoms with Gasteiger partial charge >= 0.3 is 0 Å². The van der Waals surface area contributed by atoms with Gasteiger partial charge in [0.15, 0.2) is 0 Å². The van der Waals surface area contributed by atoms with Crippen molar-refractivity contribution in [2.24, 2.45) is 0 Å². The molecular weight excluding hydrogens is 200 g/mol. The molecule has 3 heteroatoms. The molecule has 1 atom stereocenters. The normalized spacial score (nSPS) is 12.3. The zero-order valence-corrected chi connectivity index (χ0v) is 9.01. The molecular formula is C11H13ClO2. The summed E-state index contributed by atoms with van der Waals surface area (Å²) in [5, 5.41) is 10.2. The average molecular weight is 213 g/mol. The Bertz CT molecular complexity index is 347. The molecule has 0 spiro atoms. The number of aryl methyl sites for hydroxylation is 1. The Kier molecular flexibility index (Phi) is 3.55. The van der Waals surface area contributed by atoms with Crippen LogP contribution in [-0.4, -0.2) is 12.2 Å². The summed E-state index contributed by atoms with van der Waals surface area (Å²) in [6, 6.07) is 3.47. The Morgan fingerprint density at radius 1 is 1.57 bits per heavy atom. The molecule has 0 radical (unpaired) electrons. The first kappa shape index (κ1) is 11.1. The fourth-order valence-corrected chi connectivity index (χ4v) is 1.66. The maximum atomic E-state index is 9.63. The van der Waals surface area contributed by atoms with E-state index in [-0.39, 0.29) is 0 Å². The highest BCUT2D eigenvalue weighted by Crippen LogP contribution is 2.32. The van der Waals surface area contributed by atoms with Crippen LogP contribution in [0.4, 0.5) is 0 Å². The van der Waals surface area contributed by atoms with Crippen molar-refractivity contribution in [3.8, 4) is 5.75 Å². The summed E-state index contributed by atoms with van der Waals surface area (Å²) in [6.45, 7) is 5.40. The zero-order chi connectivity index (χ0) is 10.7. The summed E-state index contributed by atoms with van der Waals surface area (Å²) in [5.74, 6) is 0.654. The molecule has 1 aromatic carbocycles. The predicted molar refractivity (Wildman–Crippen MR) is 57.9 cm³/mol. The van der Waals surface area contributed by atoms with Crippen LogP contribution in [0.5, 0.6) is 5.75 Å². The highest BCUT2D eigenvalue weighted by atomic mass is 35.5. The number of aliphatic hydroxyl groups is 1. The molecule has 1 aromatic rings. The van der Waals surface area contributed by atoms with Gasteiger partial charge in [-0.3, -0.25) is 0 Å². The molecule has 76 valence electrons. The summed E-state index contributed by atoms with van der Waals surface area (Å²) >= 11 is 5.88. The van der Waals surface area contributed by atoms with Crippen LogP contribution in [0.1, 0.15) is 17.2 Å². The minimum absolute atomic E-state index is 0.583. The van der Waals surface area contributed by atoms with Crippen molar-refractivity contribution in [2.45, 2.75) is 13.0 Å². The predicted octanol–water partition coefficient (Wildman–Crippen LogP) is 2.88. The van der Waals surface area contributed by atoms with Crippen LogP contribution in [0.15, 0.2) is 24.8 Å². The van der Waals surface area contributed by atoms with Gasteiger partial charge in [0.25, 0.3) is 0 Å². The topological polar surface area (TPSA) is 29.5 Å². The van der Waals surface area contributed by atoms with Gasteiger partial charge < -0.3 is 9.84 Å². The first-order valence-corrected chi connectivity index (χ1v) is 4.62. The maximum absolute atomic E-state index is 9.63. The molecule has 0 aliphatic heterocycles. The van der Waals surface area contributed by atoms with Crippen LogP contribution in [0.3, 0.4) is 0 Å². The number of hydrogen-bond donors (Lipinski definition) is 1. The second-order valence-electron chi connectivity index (χ2n) is 3.03. The van der Waals surface area contributed by atoms with Crippen molar-refractivity contribution < 1.29 is 9.84 Å². The lowest BCUT2D eigenvalue weighted by Gasteiger charge is -2.14. The largest absolute Gasteiger partial charge is 0.496 e. The molecule has 1 rings (SSSR count). The van der Waals surface area contributed by atoms with Crippen LogP contribution >= 0.6 is 11.6 Å². The van der Waals surface area contributed by atoms with E-state index < -0.39 is 6.10 Å². The summed E-state index contributed by atoms with van der Waals surface area (Å²) in [6.07, 6.45) is 0.690. The van der Waals surface area contributed by atoms with Crippen molar-refractivity contribution >= 4 is 11.6 Å². The van der Waals surface area contributed by atoms with Crippen molar-refractivity contribution in [1.29, 1.82) is 0 Å². The molecule has 0 amide bonds. The molecule has 0 saturated carbocycles. The number of ether oxygens (including phenoxy) is 1. The van der Waals surface area contributed by atoms with Crippen molar-refractivity contribution in [3.05, 3.63) is 40.9 Å². The van der Waals surface area contributed by atoms with Crippen molar-refractivity contribution in [3.63, 3.8) is 0 Å². The standard InChI is InChI=1S/C11H13ClO2/c1-4-10(13)9-6-8(12)5-7(2)11(9)14-3/h4-6,10,13H,1H2,2-3H3. The minimum Gasteiger partial charge on any atom is -0.496 e. The number of aliphatic hydroxyl groups excluding tert-OH is 1. The molecule has 0 aromatic heterocycles. The van der Waals surface area contributed by atoms with E-state index >= 15 is 0 Å². The van der Waals surface area contributed by atoms with Crippen molar-refractivity contribution in [2.75, 3.05) is 7.11 Å². The Labute approximate surface area is 88.8 Å². The van der Waals surface area contributed by atoms with E-state index in [9.17, 15) is 5.11 Å². The van der Waals surface area contributed by atoms with Gasteiger partial charge in [-0.1, -0.05) is 17.7 Å². The number of halogens is 1. The smallest absolute Gasteiger partial charge is 0.127 e. The SMILES string of the molecule is C=CC(O)c1cc(Cl)cc(C)c1OC. The first-order valence-electron chi connectivity index (χ1n) is 4.24. The molecule has 0 heterocycles. The van der Waals surface area contributed by atoms with E-state index in [1.807, 2.05) is 6.92 Å². The molecule has 0 aliphatic carbocycles. The lowest BCUT2D eigenvalue weighted by atomic mass is 10.0. The van der Waals surface area contributed by atoms with Gasteiger partial charge in [0, 0.05) is 10.6 Å². The molecule has 14 heavy (non-hydrogen) atoms. The Morgan fingerprint density at radius 3 is 2.71 bits per heavy atom. The van der Waals surface area contributed by atoms with Crippen LogP contribution in [0, 0.1) is 6.92 Å². The van der Waals surface area contributed by atoms with Gasteiger partial charge in [-0.05, 0) is 24.6 Å². The number of benzene rings is 1. The summed E-state index contributed by atoms with van der Waals surface area (Å²) < 4.78 is 5.19.